The van der Waals surface area contributed by atoms with Gasteiger partial charge in [-0.2, -0.15) is 0 Å². The molecule has 0 aromatic carbocycles. The lowest BCUT2D eigenvalue weighted by Gasteiger charge is -2.30. The topological polar surface area (TPSA) is 44.8 Å². The molecule has 0 aromatic rings. The molecule has 2 aliphatic heterocycles. The van der Waals surface area contributed by atoms with Gasteiger partial charge in [-0.3, -0.25) is 9.69 Å². The maximum atomic E-state index is 12.4. The summed E-state index contributed by atoms with van der Waals surface area (Å²) in [5, 5.41) is 3.34. The second-order valence-electron chi connectivity index (χ2n) is 5.56. The van der Waals surface area contributed by atoms with Crippen LogP contribution in [-0.4, -0.2) is 74.7 Å². The Morgan fingerprint density at radius 2 is 2.16 bits per heavy atom. The van der Waals surface area contributed by atoms with Crippen LogP contribution >= 0.6 is 0 Å². The van der Waals surface area contributed by atoms with E-state index in [0.29, 0.717) is 0 Å². The van der Waals surface area contributed by atoms with E-state index in [0.717, 1.165) is 58.7 Å². The minimum Gasteiger partial charge on any atom is -0.377 e. The second kappa shape index (κ2) is 7.22. The molecule has 5 nitrogen and oxygen atoms in total. The first-order valence-electron chi connectivity index (χ1n) is 7.52. The number of hydrogen-bond donors (Lipinski definition) is 1. The molecule has 2 atom stereocenters. The number of amides is 1. The van der Waals surface area contributed by atoms with Gasteiger partial charge in [-0.25, -0.2) is 0 Å². The summed E-state index contributed by atoms with van der Waals surface area (Å²) < 4.78 is 5.61. The summed E-state index contributed by atoms with van der Waals surface area (Å²) in [5.74, 6) is 0.345. The van der Waals surface area contributed by atoms with Gasteiger partial charge in [-0.05, 0) is 12.8 Å². The first-order chi connectivity index (χ1) is 9.22. The number of nitrogens with one attached hydrogen (secondary N) is 1. The SMILES string of the molecule is CCC1OCCC1C(=O)N(C)CCN1CCNCC1. The number of carbonyl (C=O) groups is 1. The van der Waals surface area contributed by atoms with Crippen LogP contribution < -0.4 is 5.32 Å². The first kappa shape index (κ1) is 14.8. The van der Waals surface area contributed by atoms with Gasteiger partial charge in [0.1, 0.15) is 0 Å². The van der Waals surface area contributed by atoms with Crippen LogP contribution in [0.15, 0.2) is 0 Å². The highest BCUT2D eigenvalue weighted by atomic mass is 16.5. The van der Waals surface area contributed by atoms with E-state index >= 15 is 0 Å². The highest BCUT2D eigenvalue weighted by Gasteiger charge is 2.34. The van der Waals surface area contributed by atoms with E-state index < -0.39 is 0 Å². The molecule has 0 aliphatic carbocycles. The van der Waals surface area contributed by atoms with Crippen molar-refractivity contribution in [1.82, 2.24) is 15.1 Å². The molecule has 1 amide bonds. The number of rotatable bonds is 5. The molecule has 0 bridgehead atoms. The minimum absolute atomic E-state index is 0.0815. The first-order valence-corrected chi connectivity index (χ1v) is 7.52. The van der Waals surface area contributed by atoms with Crippen molar-refractivity contribution in [2.75, 3.05) is 52.9 Å². The van der Waals surface area contributed by atoms with Gasteiger partial charge in [-0.1, -0.05) is 6.92 Å². The lowest BCUT2D eigenvalue weighted by Crippen LogP contribution is -2.47. The highest BCUT2D eigenvalue weighted by Crippen LogP contribution is 2.24. The maximum Gasteiger partial charge on any atom is 0.228 e. The molecule has 2 unspecified atom stereocenters. The molecule has 0 spiro atoms. The van der Waals surface area contributed by atoms with Crippen molar-refractivity contribution in [2.45, 2.75) is 25.9 Å². The second-order valence-corrected chi connectivity index (χ2v) is 5.56. The van der Waals surface area contributed by atoms with Crippen molar-refractivity contribution in [1.29, 1.82) is 0 Å². The van der Waals surface area contributed by atoms with Crippen LogP contribution in [0.3, 0.4) is 0 Å². The van der Waals surface area contributed by atoms with Gasteiger partial charge in [0.05, 0.1) is 12.0 Å². The van der Waals surface area contributed by atoms with Crippen molar-refractivity contribution in [3.63, 3.8) is 0 Å². The molecule has 2 heterocycles. The Labute approximate surface area is 116 Å². The Bertz CT molecular complexity index is 292. The summed E-state index contributed by atoms with van der Waals surface area (Å²) in [5.41, 5.74) is 0. The Morgan fingerprint density at radius 1 is 1.42 bits per heavy atom. The lowest BCUT2D eigenvalue weighted by atomic mass is 9.98. The Morgan fingerprint density at radius 3 is 2.84 bits per heavy atom. The summed E-state index contributed by atoms with van der Waals surface area (Å²) in [6, 6.07) is 0. The standard InChI is InChI=1S/C14H27N3O2/c1-3-13-12(4-11-19-13)14(18)16(2)9-10-17-7-5-15-6-8-17/h12-13,15H,3-11H2,1-2H3. The van der Waals surface area contributed by atoms with Crippen LogP contribution in [0.2, 0.25) is 0 Å². The quantitative estimate of drug-likeness (QED) is 0.772. The molecule has 2 rings (SSSR count). The number of piperazine rings is 1. The normalized spacial score (nSPS) is 28.5. The van der Waals surface area contributed by atoms with Crippen molar-refractivity contribution in [3.8, 4) is 0 Å². The molecular weight excluding hydrogens is 242 g/mol. The molecule has 0 radical (unpaired) electrons. The monoisotopic (exact) mass is 269 g/mol. The zero-order valence-electron chi connectivity index (χ0n) is 12.2. The van der Waals surface area contributed by atoms with Crippen LogP contribution in [0.25, 0.3) is 0 Å². The lowest BCUT2D eigenvalue weighted by molar-refractivity contribution is -0.136. The summed E-state index contributed by atoms with van der Waals surface area (Å²) in [6.45, 7) is 8.94. The largest absolute Gasteiger partial charge is 0.377 e. The zero-order valence-corrected chi connectivity index (χ0v) is 12.2. The fourth-order valence-electron chi connectivity index (χ4n) is 2.95. The van der Waals surface area contributed by atoms with Gasteiger partial charge in [0, 0.05) is 52.9 Å². The maximum absolute atomic E-state index is 12.4. The molecule has 2 saturated heterocycles. The Hall–Kier alpha value is -0.650. The van der Waals surface area contributed by atoms with Crippen molar-refractivity contribution in [2.24, 2.45) is 5.92 Å². The van der Waals surface area contributed by atoms with E-state index in [-0.39, 0.29) is 17.9 Å². The van der Waals surface area contributed by atoms with Crippen LogP contribution in [0.5, 0.6) is 0 Å². The molecule has 19 heavy (non-hydrogen) atoms. The Balaban J connectivity index is 1.75. The predicted molar refractivity (Wildman–Crippen MR) is 75.1 cm³/mol. The molecule has 1 N–H and O–H groups in total. The van der Waals surface area contributed by atoms with E-state index in [2.05, 4.69) is 17.1 Å². The van der Waals surface area contributed by atoms with E-state index in [1.54, 1.807) is 0 Å². The van der Waals surface area contributed by atoms with Gasteiger partial charge >= 0.3 is 0 Å². The van der Waals surface area contributed by atoms with Crippen molar-refractivity contribution < 1.29 is 9.53 Å². The number of ether oxygens (including phenoxy) is 1. The third kappa shape index (κ3) is 3.91. The third-order valence-corrected chi connectivity index (χ3v) is 4.27. The number of hydrogen-bond acceptors (Lipinski definition) is 4. The van der Waals surface area contributed by atoms with E-state index in [4.69, 9.17) is 4.74 Å². The minimum atomic E-state index is 0.0815. The van der Waals surface area contributed by atoms with Gasteiger partial charge in [0.2, 0.25) is 5.91 Å². The summed E-state index contributed by atoms with van der Waals surface area (Å²) >= 11 is 0. The molecule has 5 heteroatoms. The average molecular weight is 269 g/mol. The van der Waals surface area contributed by atoms with Crippen molar-refractivity contribution >= 4 is 5.91 Å². The Kier molecular flexibility index (Phi) is 5.60. The number of nitrogens with zero attached hydrogens (tertiary/aromatic N) is 2. The van der Waals surface area contributed by atoms with Gasteiger partial charge in [0.15, 0.2) is 0 Å². The van der Waals surface area contributed by atoms with Gasteiger partial charge in [-0.15, -0.1) is 0 Å². The van der Waals surface area contributed by atoms with Crippen molar-refractivity contribution in [3.05, 3.63) is 0 Å². The number of carbonyl (C=O) groups excluding carboxylic acids is 1. The molecule has 0 saturated carbocycles. The molecule has 2 aliphatic rings. The number of likely N-dealkylation sites (N-methyl/N-ethyl adjacent to an activating group) is 1. The molecular formula is C14H27N3O2. The third-order valence-electron chi connectivity index (χ3n) is 4.27. The smallest absolute Gasteiger partial charge is 0.228 e. The zero-order chi connectivity index (χ0) is 13.7. The van der Waals surface area contributed by atoms with Crippen LogP contribution in [0.1, 0.15) is 19.8 Å². The predicted octanol–water partition coefficient (Wildman–Crippen LogP) is 0.165. The van der Waals surface area contributed by atoms with Crippen LogP contribution in [0.4, 0.5) is 0 Å². The van der Waals surface area contributed by atoms with E-state index in [9.17, 15) is 4.79 Å². The van der Waals surface area contributed by atoms with Crippen LogP contribution in [0, 0.1) is 5.92 Å². The van der Waals surface area contributed by atoms with E-state index in [1.807, 2.05) is 11.9 Å². The van der Waals surface area contributed by atoms with Crippen LogP contribution in [-0.2, 0) is 9.53 Å². The fourth-order valence-corrected chi connectivity index (χ4v) is 2.95. The molecule has 2 fully saturated rings. The molecule has 0 aromatic heterocycles. The highest BCUT2D eigenvalue weighted by molar-refractivity contribution is 5.79. The van der Waals surface area contributed by atoms with Gasteiger partial charge < -0.3 is 15.0 Å². The van der Waals surface area contributed by atoms with Gasteiger partial charge in [0.25, 0.3) is 0 Å². The summed E-state index contributed by atoms with van der Waals surface area (Å²) in [4.78, 5) is 16.7. The van der Waals surface area contributed by atoms with E-state index in [1.165, 1.54) is 0 Å². The fraction of sp³-hybridized carbons (Fsp3) is 0.929. The molecule has 110 valence electrons. The average Bonchev–Trinajstić information content (AvgIpc) is 2.93. The summed E-state index contributed by atoms with van der Waals surface area (Å²) in [7, 11) is 1.93. The summed E-state index contributed by atoms with van der Waals surface area (Å²) in [6.07, 6.45) is 1.95.